The van der Waals surface area contributed by atoms with Crippen LogP contribution in [0.1, 0.15) is 74.0 Å². The quantitative estimate of drug-likeness (QED) is 0.610. The molecule has 2 aromatic rings. The molecule has 33 heavy (non-hydrogen) atoms. The first-order valence-electron chi connectivity index (χ1n) is 12.1. The monoisotopic (exact) mass is 468 g/mol. The van der Waals surface area contributed by atoms with E-state index in [1.54, 1.807) is 12.1 Å². The summed E-state index contributed by atoms with van der Waals surface area (Å²) in [6, 6.07) is 11.7. The van der Waals surface area contributed by atoms with Crippen molar-refractivity contribution in [2.45, 2.75) is 64.0 Å². The third kappa shape index (κ3) is 6.33. The van der Waals surface area contributed by atoms with Gasteiger partial charge in [0.25, 0.3) is 5.91 Å². The lowest BCUT2D eigenvalue weighted by atomic mass is 9.91. The van der Waals surface area contributed by atoms with Gasteiger partial charge in [-0.25, -0.2) is 0 Å². The zero-order valence-electron chi connectivity index (χ0n) is 19.2. The van der Waals surface area contributed by atoms with Gasteiger partial charge in [0.05, 0.1) is 0 Å². The lowest BCUT2D eigenvalue weighted by Gasteiger charge is -2.36. The van der Waals surface area contributed by atoms with E-state index in [0.717, 1.165) is 50.0 Å². The minimum atomic E-state index is -0.285. The highest BCUT2D eigenvalue weighted by Crippen LogP contribution is 2.29. The number of hydrogen-bond donors (Lipinski definition) is 2. The van der Waals surface area contributed by atoms with E-state index >= 15 is 0 Å². The van der Waals surface area contributed by atoms with Crippen molar-refractivity contribution in [1.82, 2.24) is 15.2 Å². The van der Waals surface area contributed by atoms with E-state index in [-0.39, 0.29) is 29.5 Å². The van der Waals surface area contributed by atoms with Gasteiger partial charge in [-0.15, -0.1) is 0 Å². The summed E-state index contributed by atoms with van der Waals surface area (Å²) in [4.78, 5) is 31.7. The molecule has 4 rings (SSSR count). The Morgan fingerprint density at radius 1 is 1.06 bits per heavy atom. The highest BCUT2D eigenvalue weighted by Gasteiger charge is 2.29. The minimum absolute atomic E-state index is 0.117. The Labute approximate surface area is 201 Å². The van der Waals surface area contributed by atoms with Crippen molar-refractivity contribution in [3.63, 3.8) is 0 Å². The van der Waals surface area contributed by atoms with Crippen molar-refractivity contribution in [3.8, 4) is 0 Å². The number of piperidine rings is 1. The average molecular weight is 469 g/mol. The average Bonchev–Trinajstić information content (AvgIpc) is 2.84. The van der Waals surface area contributed by atoms with Gasteiger partial charge < -0.3 is 10.6 Å². The molecule has 6 nitrogen and oxygen atoms in total. The molecule has 0 spiro atoms. The van der Waals surface area contributed by atoms with Gasteiger partial charge in [-0.05, 0) is 75.5 Å². The SMILES string of the molecule is CC(c1cccc(NC(=O)c2cc(Cl)ccn2)c1)N1CCC(C(=O)NC2CCCCC2)CC1. The number of hydrogen-bond acceptors (Lipinski definition) is 4. The molecule has 1 saturated heterocycles. The van der Waals surface area contributed by atoms with Crippen molar-refractivity contribution < 1.29 is 9.59 Å². The molecule has 2 N–H and O–H groups in total. The first-order valence-corrected chi connectivity index (χ1v) is 12.4. The predicted octanol–water partition coefficient (Wildman–Crippen LogP) is 5.21. The fraction of sp³-hybridized carbons (Fsp3) is 0.500. The molecule has 2 fully saturated rings. The summed E-state index contributed by atoms with van der Waals surface area (Å²) in [7, 11) is 0. The Bertz CT molecular complexity index is 968. The predicted molar refractivity (Wildman–Crippen MR) is 131 cm³/mol. The number of likely N-dealkylation sites (tertiary alicyclic amines) is 1. The van der Waals surface area contributed by atoms with Gasteiger partial charge in [-0.1, -0.05) is 43.0 Å². The first-order chi connectivity index (χ1) is 16.0. The van der Waals surface area contributed by atoms with Gasteiger partial charge >= 0.3 is 0 Å². The molecule has 1 aliphatic carbocycles. The number of rotatable bonds is 6. The number of halogens is 1. The van der Waals surface area contributed by atoms with E-state index < -0.39 is 0 Å². The zero-order chi connectivity index (χ0) is 23.2. The largest absolute Gasteiger partial charge is 0.353 e. The molecule has 1 saturated carbocycles. The molecule has 2 aliphatic rings. The highest BCUT2D eigenvalue weighted by molar-refractivity contribution is 6.30. The number of carbonyl (C=O) groups excluding carboxylic acids is 2. The van der Waals surface area contributed by atoms with Crippen molar-refractivity contribution in [2.75, 3.05) is 18.4 Å². The summed E-state index contributed by atoms with van der Waals surface area (Å²) in [6.07, 6.45) is 9.31. The Hall–Kier alpha value is -2.44. The summed E-state index contributed by atoms with van der Waals surface area (Å²) >= 11 is 5.97. The molecular formula is C26H33ClN4O2. The third-order valence-electron chi connectivity index (χ3n) is 6.98. The minimum Gasteiger partial charge on any atom is -0.353 e. The Kier molecular flexibility index (Phi) is 7.99. The zero-order valence-corrected chi connectivity index (χ0v) is 20.0. The van der Waals surface area contributed by atoms with Crippen LogP contribution < -0.4 is 10.6 Å². The van der Waals surface area contributed by atoms with Gasteiger partial charge in [0.2, 0.25) is 5.91 Å². The molecule has 2 heterocycles. The lowest BCUT2D eigenvalue weighted by Crippen LogP contribution is -2.44. The van der Waals surface area contributed by atoms with E-state index in [1.165, 1.54) is 25.5 Å². The van der Waals surface area contributed by atoms with E-state index in [1.807, 2.05) is 18.2 Å². The molecule has 1 aliphatic heterocycles. The Balaban J connectivity index is 1.31. The lowest BCUT2D eigenvalue weighted by molar-refractivity contribution is -0.127. The van der Waals surface area contributed by atoms with Crippen molar-refractivity contribution in [1.29, 1.82) is 0 Å². The second kappa shape index (κ2) is 11.1. The maximum Gasteiger partial charge on any atom is 0.274 e. The second-order valence-corrected chi connectivity index (χ2v) is 9.71. The molecule has 0 bridgehead atoms. The number of amides is 2. The van der Waals surface area contributed by atoms with Crippen LogP contribution in [0, 0.1) is 5.92 Å². The van der Waals surface area contributed by atoms with Crippen LogP contribution in [0.25, 0.3) is 0 Å². The Morgan fingerprint density at radius 3 is 2.55 bits per heavy atom. The number of anilines is 1. The van der Waals surface area contributed by atoms with Gasteiger partial charge in [0, 0.05) is 34.9 Å². The highest BCUT2D eigenvalue weighted by atomic mass is 35.5. The maximum atomic E-state index is 12.7. The van der Waals surface area contributed by atoms with Gasteiger partial charge in [-0.3, -0.25) is 19.5 Å². The van der Waals surface area contributed by atoms with Crippen molar-refractivity contribution >= 4 is 29.1 Å². The molecule has 1 aromatic carbocycles. The number of nitrogens with one attached hydrogen (secondary N) is 2. The summed E-state index contributed by atoms with van der Waals surface area (Å²) in [5.41, 5.74) is 2.15. The smallest absolute Gasteiger partial charge is 0.274 e. The van der Waals surface area contributed by atoms with E-state index in [9.17, 15) is 9.59 Å². The maximum absolute atomic E-state index is 12.7. The fourth-order valence-electron chi connectivity index (χ4n) is 4.93. The van der Waals surface area contributed by atoms with Gasteiger partial charge in [-0.2, -0.15) is 0 Å². The number of nitrogens with zero attached hydrogens (tertiary/aromatic N) is 2. The van der Waals surface area contributed by atoms with Crippen LogP contribution in [0.2, 0.25) is 5.02 Å². The standard InChI is InChI=1S/C26H33ClN4O2/c1-18(31-14-11-19(12-15-31)25(32)29-22-7-3-2-4-8-22)20-6-5-9-23(16-20)30-26(33)24-17-21(27)10-13-28-24/h5-6,9-10,13,16-19,22H,2-4,7-8,11-12,14-15H2,1H3,(H,29,32)(H,30,33). The summed E-state index contributed by atoms with van der Waals surface area (Å²) in [6.45, 7) is 3.97. The van der Waals surface area contributed by atoms with Crippen LogP contribution in [-0.2, 0) is 4.79 Å². The van der Waals surface area contributed by atoms with Gasteiger partial charge in [0.1, 0.15) is 5.69 Å². The number of benzene rings is 1. The molecule has 1 atom stereocenters. The van der Waals surface area contributed by atoms with Crippen molar-refractivity contribution in [2.24, 2.45) is 5.92 Å². The summed E-state index contributed by atoms with van der Waals surface area (Å²) in [5.74, 6) is 0.0758. The molecule has 2 amide bonds. The summed E-state index contributed by atoms with van der Waals surface area (Å²) in [5, 5.41) is 6.69. The molecule has 176 valence electrons. The number of pyridine rings is 1. The van der Waals surface area contributed by atoms with Crippen LogP contribution in [-0.4, -0.2) is 40.8 Å². The van der Waals surface area contributed by atoms with Crippen LogP contribution in [0.5, 0.6) is 0 Å². The number of carbonyl (C=O) groups is 2. The Morgan fingerprint density at radius 2 is 1.82 bits per heavy atom. The molecular weight excluding hydrogens is 436 g/mol. The topological polar surface area (TPSA) is 74.3 Å². The van der Waals surface area contributed by atoms with E-state index in [4.69, 9.17) is 11.6 Å². The molecule has 7 heteroatoms. The molecule has 0 radical (unpaired) electrons. The van der Waals surface area contributed by atoms with E-state index in [0.29, 0.717) is 11.1 Å². The first kappa shape index (κ1) is 23.7. The van der Waals surface area contributed by atoms with Crippen LogP contribution in [0.15, 0.2) is 42.6 Å². The van der Waals surface area contributed by atoms with Crippen LogP contribution in [0.4, 0.5) is 5.69 Å². The second-order valence-electron chi connectivity index (χ2n) is 9.27. The van der Waals surface area contributed by atoms with Crippen LogP contribution >= 0.6 is 11.6 Å². The van der Waals surface area contributed by atoms with Crippen LogP contribution in [0.3, 0.4) is 0 Å². The van der Waals surface area contributed by atoms with E-state index in [2.05, 4.69) is 33.5 Å². The van der Waals surface area contributed by atoms with Gasteiger partial charge in [0.15, 0.2) is 0 Å². The number of aromatic nitrogens is 1. The summed E-state index contributed by atoms with van der Waals surface area (Å²) < 4.78 is 0. The fourth-order valence-corrected chi connectivity index (χ4v) is 5.09. The van der Waals surface area contributed by atoms with Crippen molar-refractivity contribution in [3.05, 3.63) is 58.9 Å². The normalized spacial score (nSPS) is 19.1. The molecule has 1 unspecified atom stereocenters. The third-order valence-corrected chi connectivity index (χ3v) is 7.22. The molecule has 1 aromatic heterocycles.